The minimum Gasteiger partial charge on any atom is -0.508 e. The van der Waals surface area contributed by atoms with Gasteiger partial charge in [0, 0.05) is 31.6 Å². The van der Waals surface area contributed by atoms with Gasteiger partial charge in [0.25, 0.3) is 0 Å². The highest BCUT2D eigenvalue weighted by Crippen LogP contribution is 2.30. The highest BCUT2D eigenvalue weighted by atomic mass is 19.1. The summed E-state index contributed by atoms with van der Waals surface area (Å²) in [4.78, 5) is 4.53. The van der Waals surface area contributed by atoms with E-state index >= 15 is 0 Å². The molecule has 0 saturated carbocycles. The smallest absolute Gasteiger partial charge is 0.118 e. The van der Waals surface area contributed by atoms with E-state index in [2.05, 4.69) is 30.6 Å². The van der Waals surface area contributed by atoms with Crippen LogP contribution in [-0.2, 0) is 4.74 Å². The Balaban J connectivity index is 1.93. The molecule has 5 heteroatoms. The summed E-state index contributed by atoms with van der Waals surface area (Å²) in [5, 5.41) is 10.2. The van der Waals surface area contributed by atoms with Crippen molar-refractivity contribution in [3.63, 3.8) is 0 Å². The van der Waals surface area contributed by atoms with Crippen molar-refractivity contribution in [1.29, 1.82) is 0 Å². The largest absolute Gasteiger partial charge is 0.508 e. The van der Waals surface area contributed by atoms with Crippen LogP contribution >= 0.6 is 0 Å². The molecule has 0 bridgehead atoms. The van der Waals surface area contributed by atoms with Crippen molar-refractivity contribution < 1.29 is 14.2 Å². The highest BCUT2D eigenvalue weighted by molar-refractivity contribution is 5.31. The summed E-state index contributed by atoms with van der Waals surface area (Å²) in [5.41, 5.74) is 0.977. The van der Waals surface area contributed by atoms with Crippen molar-refractivity contribution in [3.05, 3.63) is 23.2 Å². The summed E-state index contributed by atoms with van der Waals surface area (Å²) in [6, 6.07) is -0.0208. The van der Waals surface area contributed by atoms with Gasteiger partial charge in [-0.1, -0.05) is 6.92 Å². The van der Waals surface area contributed by atoms with Gasteiger partial charge in [-0.3, -0.25) is 9.80 Å². The van der Waals surface area contributed by atoms with E-state index in [9.17, 15) is 9.50 Å². The lowest BCUT2D eigenvalue weighted by atomic mass is 9.92. The molecule has 1 heterocycles. The van der Waals surface area contributed by atoms with Crippen LogP contribution in [0.1, 0.15) is 40.0 Å². The van der Waals surface area contributed by atoms with Gasteiger partial charge < -0.3 is 9.84 Å². The van der Waals surface area contributed by atoms with E-state index in [1.54, 1.807) is 0 Å². The van der Waals surface area contributed by atoms with Gasteiger partial charge in [0.05, 0.1) is 12.2 Å². The Hall–Kier alpha value is -0.910. The number of allylic oxidation sites excluding steroid dienone is 1. The summed E-state index contributed by atoms with van der Waals surface area (Å²) in [6.45, 7) is 10.0. The van der Waals surface area contributed by atoms with Crippen molar-refractivity contribution in [1.82, 2.24) is 9.80 Å². The third-order valence-corrected chi connectivity index (χ3v) is 4.86. The summed E-state index contributed by atoms with van der Waals surface area (Å²) < 4.78 is 19.4. The minimum atomic E-state index is -0.229. The predicted octanol–water partition coefficient (Wildman–Crippen LogP) is 3.27. The Morgan fingerprint density at radius 1 is 1.35 bits per heavy atom. The predicted molar refractivity (Wildman–Crippen MR) is 91.2 cm³/mol. The first-order chi connectivity index (χ1) is 10.9. The zero-order chi connectivity index (χ0) is 17.0. The number of aliphatic hydroxyl groups is 1. The average molecular weight is 326 g/mol. The van der Waals surface area contributed by atoms with Crippen molar-refractivity contribution in [2.24, 2.45) is 0 Å². The van der Waals surface area contributed by atoms with Crippen molar-refractivity contribution in [2.45, 2.75) is 58.3 Å². The summed E-state index contributed by atoms with van der Waals surface area (Å²) in [6.07, 6.45) is 3.99. The Labute approximate surface area is 139 Å². The van der Waals surface area contributed by atoms with Crippen LogP contribution in [0, 0.1) is 0 Å². The van der Waals surface area contributed by atoms with E-state index in [-0.39, 0.29) is 29.8 Å². The second kappa shape index (κ2) is 8.27. The fourth-order valence-electron chi connectivity index (χ4n) is 3.68. The van der Waals surface area contributed by atoms with E-state index in [4.69, 9.17) is 4.74 Å². The summed E-state index contributed by atoms with van der Waals surface area (Å²) >= 11 is 0. The third kappa shape index (κ3) is 5.03. The van der Waals surface area contributed by atoms with Crippen molar-refractivity contribution in [3.8, 4) is 0 Å². The average Bonchev–Trinajstić information content (AvgIpc) is 2.47. The molecular weight excluding hydrogens is 295 g/mol. The number of morpholine rings is 1. The molecule has 2 rings (SSSR count). The standard InChI is InChI=1S/C18H31FN2O2/c1-5-20(4)17-9-15(19)10-18(22)16(17)7-6-8-21-11-13(2)23-14(3)12-21/h10,13-14,17,22H,5-9,11-12H2,1-4H3. The Bertz CT molecular complexity index is 454. The van der Waals surface area contributed by atoms with Crippen molar-refractivity contribution in [2.75, 3.05) is 33.2 Å². The molecule has 0 aromatic rings. The molecule has 1 N–H and O–H groups in total. The number of nitrogens with zero attached hydrogens (tertiary/aromatic N) is 2. The quantitative estimate of drug-likeness (QED) is 0.813. The Kier molecular flexibility index (Phi) is 6.62. The molecule has 0 amide bonds. The fourth-order valence-corrected chi connectivity index (χ4v) is 3.68. The SMILES string of the molecule is CCN(C)C1CC(F)=CC(O)=C1CCCN1CC(C)OC(C)C1. The molecule has 1 aliphatic heterocycles. The lowest BCUT2D eigenvalue weighted by Gasteiger charge is -2.36. The Morgan fingerprint density at radius 2 is 2.00 bits per heavy atom. The molecule has 0 radical (unpaired) electrons. The molecule has 2 aliphatic rings. The van der Waals surface area contributed by atoms with Gasteiger partial charge in [0.2, 0.25) is 0 Å². The van der Waals surface area contributed by atoms with Crippen LogP contribution < -0.4 is 0 Å². The molecule has 1 aliphatic carbocycles. The third-order valence-electron chi connectivity index (χ3n) is 4.86. The minimum absolute atomic E-state index is 0.0208. The topological polar surface area (TPSA) is 35.9 Å². The molecule has 0 aromatic heterocycles. The van der Waals surface area contributed by atoms with Gasteiger partial charge in [-0.25, -0.2) is 4.39 Å². The van der Waals surface area contributed by atoms with Crippen LogP contribution in [0.4, 0.5) is 4.39 Å². The maximum absolute atomic E-state index is 13.7. The maximum atomic E-state index is 13.7. The number of halogens is 1. The van der Waals surface area contributed by atoms with Crippen LogP contribution in [0.5, 0.6) is 0 Å². The van der Waals surface area contributed by atoms with Crippen LogP contribution in [0.2, 0.25) is 0 Å². The second-order valence-electron chi connectivity index (χ2n) is 6.92. The zero-order valence-electron chi connectivity index (χ0n) is 14.9. The number of likely N-dealkylation sites (N-methyl/N-ethyl adjacent to an activating group) is 1. The van der Waals surface area contributed by atoms with E-state index in [1.807, 2.05) is 7.05 Å². The molecule has 0 aromatic carbocycles. The molecule has 4 nitrogen and oxygen atoms in total. The van der Waals surface area contributed by atoms with Crippen molar-refractivity contribution >= 4 is 0 Å². The van der Waals surface area contributed by atoms with E-state index in [1.165, 1.54) is 6.08 Å². The van der Waals surface area contributed by atoms with Crippen LogP contribution in [0.15, 0.2) is 23.2 Å². The molecule has 23 heavy (non-hydrogen) atoms. The molecule has 132 valence electrons. The number of hydrogen-bond donors (Lipinski definition) is 1. The number of rotatable bonds is 6. The van der Waals surface area contributed by atoms with Gasteiger partial charge >= 0.3 is 0 Å². The van der Waals surface area contributed by atoms with Crippen LogP contribution in [-0.4, -0.2) is 66.4 Å². The van der Waals surface area contributed by atoms with Gasteiger partial charge in [-0.15, -0.1) is 0 Å². The van der Waals surface area contributed by atoms with E-state index in [0.717, 1.165) is 44.6 Å². The lowest BCUT2D eigenvalue weighted by molar-refractivity contribution is -0.0680. The monoisotopic (exact) mass is 326 g/mol. The summed E-state index contributed by atoms with van der Waals surface area (Å²) in [5.74, 6) is -0.102. The maximum Gasteiger partial charge on any atom is 0.118 e. The molecule has 0 spiro atoms. The number of hydrogen-bond acceptors (Lipinski definition) is 4. The van der Waals surface area contributed by atoms with Gasteiger partial charge in [-0.2, -0.15) is 0 Å². The van der Waals surface area contributed by atoms with Gasteiger partial charge in [0.15, 0.2) is 0 Å². The van der Waals surface area contributed by atoms with Gasteiger partial charge in [-0.05, 0) is 52.4 Å². The number of ether oxygens (including phenoxy) is 1. The van der Waals surface area contributed by atoms with E-state index in [0.29, 0.717) is 6.42 Å². The van der Waals surface area contributed by atoms with Crippen LogP contribution in [0.3, 0.4) is 0 Å². The van der Waals surface area contributed by atoms with Gasteiger partial charge in [0.1, 0.15) is 11.6 Å². The summed E-state index contributed by atoms with van der Waals surface area (Å²) in [7, 11) is 1.99. The molecule has 1 saturated heterocycles. The number of aliphatic hydroxyl groups excluding tert-OH is 1. The second-order valence-corrected chi connectivity index (χ2v) is 6.92. The fraction of sp³-hybridized carbons (Fsp3) is 0.778. The Morgan fingerprint density at radius 3 is 2.61 bits per heavy atom. The lowest BCUT2D eigenvalue weighted by Crippen LogP contribution is -2.45. The first-order valence-corrected chi connectivity index (χ1v) is 8.76. The molecule has 3 atom stereocenters. The zero-order valence-corrected chi connectivity index (χ0v) is 14.9. The van der Waals surface area contributed by atoms with E-state index < -0.39 is 0 Å². The van der Waals surface area contributed by atoms with Crippen LogP contribution in [0.25, 0.3) is 0 Å². The first-order valence-electron chi connectivity index (χ1n) is 8.76. The normalized spacial score (nSPS) is 30.0. The molecular formula is C18H31FN2O2. The molecule has 1 fully saturated rings. The highest BCUT2D eigenvalue weighted by Gasteiger charge is 2.27. The molecule has 3 unspecified atom stereocenters. The first kappa shape index (κ1) is 18.4.